The topological polar surface area (TPSA) is 44.5 Å². The first-order chi connectivity index (χ1) is 8.41. The van der Waals surface area contributed by atoms with E-state index < -0.39 is 7.12 Å². The number of aromatic nitrogens is 1. The summed E-state index contributed by atoms with van der Waals surface area (Å²) >= 11 is 0. The van der Waals surface area contributed by atoms with E-state index in [1.165, 1.54) is 0 Å². The minimum atomic E-state index is -0.448. The van der Waals surface area contributed by atoms with Crippen molar-refractivity contribution >= 4 is 23.5 Å². The summed E-state index contributed by atoms with van der Waals surface area (Å²) in [6, 6.07) is 1.91. The van der Waals surface area contributed by atoms with Crippen LogP contribution in [0.15, 0.2) is 29.2 Å². The van der Waals surface area contributed by atoms with Gasteiger partial charge in [-0.25, -0.2) is 0 Å². The van der Waals surface area contributed by atoms with Crippen LogP contribution in [0.2, 0.25) is 0 Å². The standard InChI is InChI=1S/C13H16BNO3/c1-12(2)13(3,4)18-14(17-12)11-10-8-16-7-9(10)5-6-15-11/h5-8H,1-4H3. The summed E-state index contributed by atoms with van der Waals surface area (Å²) in [6.45, 7) is 8.12. The number of pyridine rings is 1. The Labute approximate surface area is 106 Å². The summed E-state index contributed by atoms with van der Waals surface area (Å²) in [5.74, 6) is 0. The molecule has 0 unspecified atom stereocenters. The van der Waals surface area contributed by atoms with Crippen LogP contribution in [0, 0.1) is 0 Å². The van der Waals surface area contributed by atoms with Gasteiger partial charge in [-0.2, -0.15) is 0 Å². The molecule has 1 saturated heterocycles. The molecule has 3 heterocycles. The van der Waals surface area contributed by atoms with E-state index in [0.29, 0.717) is 0 Å². The average molecular weight is 245 g/mol. The van der Waals surface area contributed by atoms with Crippen molar-refractivity contribution in [1.82, 2.24) is 4.98 Å². The first-order valence-electron chi connectivity index (χ1n) is 6.07. The number of fused-ring (bicyclic) bond motifs is 1. The highest BCUT2D eigenvalue weighted by molar-refractivity contribution is 6.64. The number of hydrogen-bond acceptors (Lipinski definition) is 4. The lowest BCUT2D eigenvalue weighted by atomic mass is 9.82. The molecule has 1 fully saturated rings. The quantitative estimate of drug-likeness (QED) is 0.722. The zero-order valence-electron chi connectivity index (χ0n) is 11.1. The highest BCUT2D eigenvalue weighted by Gasteiger charge is 2.52. The fraction of sp³-hybridized carbons (Fsp3) is 0.462. The van der Waals surface area contributed by atoms with E-state index in [1.807, 2.05) is 33.8 Å². The van der Waals surface area contributed by atoms with Crippen molar-refractivity contribution < 1.29 is 13.7 Å². The highest BCUT2D eigenvalue weighted by atomic mass is 16.7. The maximum atomic E-state index is 6.00. The van der Waals surface area contributed by atoms with E-state index in [9.17, 15) is 0 Å². The van der Waals surface area contributed by atoms with E-state index in [4.69, 9.17) is 13.7 Å². The molecule has 0 N–H and O–H groups in total. The van der Waals surface area contributed by atoms with E-state index >= 15 is 0 Å². The fourth-order valence-corrected chi connectivity index (χ4v) is 2.05. The molecule has 94 valence electrons. The summed E-state index contributed by atoms with van der Waals surface area (Å²) in [5, 5.41) is 1.95. The van der Waals surface area contributed by atoms with Crippen molar-refractivity contribution in [2.45, 2.75) is 38.9 Å². The molecule has 1 aliphatic rings. The lowest BCUT2D eigenvalue weighted by Gasteiger charge is -2.32. The molecule has 0 amide bonds. The zero-order chi connectivity index (χ0) is 13.0. The maximum Gasteiger partial charge on any atom is 0.515 e. The number of furan rings is 1. The molecule has 0 aliphatic carbocycles. The Morgan fingerprint density at radius 2 is 1.72 bits per heavy atom. The van der Waals surface area contributed by atoms with Crippen LogP contribution in [0.25, 0.3) is 10.8 Å². The predicted octanol–water partition coefficient (Wildman–Crippen LogP) is 2.13. The average Bonchev–Trinajstić information content (AvgIpc) is 2.81. The van der Waals surface area contributed by atoms with Gasteiger partial charge >= 0.3 is 7.12 Å². The SMILES string of the molecule is CC1(C)OB(c2nccc3cocc23)OC1(C)C. The van der Waals surface area contributed by atoms with Crippen LogP contribution in [-0.2, 0) is 9.31 Å². The predicted molar refractivity (Wildman–Crippen MR) is 69.7 cm³/mol. The van der Waals surface area contributed by atoms with Gasteiger partial charge in [0, 0.05) is 17.0 Å². The molecule has 1 aliphatic heterocycles. The lowest BCUT2D eigenvalue weighted by molar-refractivity contribution is 0.00578. The summed E-state index contributed by atoms with van der Waals surface area (Å²) < 4.78 is 17.2. The molecule has 0 bridgehead atoms. The molecule has 0 aromatic carbocycles. The fourth-order valence-electron chi connectivity index (χ4n) is 2.05. The number of rotatable bonds is 1. The molecule has 5 heteroatoms. The van der Waals surface area contributed by atoms with Gasteiger partial charge < -0.3 is 13.7 Å². The van der Waals surface area contributed by atoms with E-state index in [-0.39, 0.29) is 11.2 Å². The van der Waals surface area contributed by atoms with Gasteiger partial charge in [-0.05, 0) is 33.8 Å². The van der Waals surface area contributed by atoms with Gasteiger partial charge in [-0.1, -0.05) is 0 Å². The Hall–Kier alpha value is -1.33. The van der Waals surface area contributed by atoms with Gasteiger partial charge in [-0.15, -0.1) is 0 Å². The van der Waals surface area contributed by atoms with Gasteiger partial charge in [0.1, 0.15) is 0 Å². The minimum Gasteiger partial charge on any atom is -0.471 e. The van der Waals surface area contributed by atoms with Gasteiger partial charge in [0.15, 0.2) is 0 Å². The largest absolute Gasteiger partial charge is 0.515 e. The molecule has 3 rings (SSSR count). The van der Waals surface area contributed by atoms with E-state index in [1.54, 1.807) is 18.7 Å². The van der Waals surface area contributed by atoms with Crippen LogP contribution < -0.4 is 5.59 Å². The minimum absolute atomic E-state index is 0.356. The van der Waals surface area contributed by atoms with Crippen molar-refractivity contribution in [3.63, 3.8) is 0 Å². The van der Waals surface area contributed by atoms with Crippen LogP contribution in [0.1, 0.15) is 27.7 Å². The Morgan fingerprint density at radius 3 is 2.39 bits per heavy atom. The molecule has 18 heavy (non-hydrogen) atoms. The van der Waals surface area contributed by atoms with Gasteiger partial charge in [0.05, 0.1) is 29.3 Å². The summed E-state index contributed by atoms with van der Waals surface area (Å²) in [7, 11) is -0.448. The molecule has 0 radical (unpaired) electrons. The Bertz CT molecular complexity index is 575. The third-order valence-electron chi connectivity index (χ3n) is 3.91. The van der Waals surface area contributed by atoms with Crippen LogP contribution in [0.5, 0.6) is 0 Å². The maximum absolute atomic E-state index is 6.00. The Balaban J connectivity index is 2.05. The van der Waals surface area contributed by atoms with Gasteiger partial charge in [0.2, 0.25) is 0 Å². The van der Waals surface area contributed by atoms with E-state index in [2.05, 4.69) is 4.98 Å². The number of hydrogen-bond donors (Lipinski definition) is 0. The molecule has 0 spiro atoms. The molecular weight excluding hydrogens is 229 g/mol. The second-order valence-corrected chi connectivity index (χ2v) is 5.66. The molecule has 0 atom stereocenters. The van der Waals surface area contributed by atoms with Crippen LogP contribution >= 0.6 is 0 Å². The van der Waals surface area contributed by atoms with Gasteiger partial charge in [-0.3, -0.25) is 4.98 Å². The molecular formula is C13H16BNO3. The van der Waals surface area contributed by atoms with Crippen LogP contribution in [-0.4, -0.2) is 23.3 Å². The third kappa shape index (κ3) is 1.58. The van der Waals surface area contributed by atoms with Crippen molar-refractivity contribution in [3.8, 4) is 0 Å². The van der Waals surface area contributed by atoms with Crippen molar-refractivity contribution in [2.75, 3.05) is 0 Å². The van der Waals surface area contributed by atoms with E-state index in [0.717, 1.165) is 16.4 Å². The second kappa shape index (κ2) is 3.59. The molecule has 0 saturated carbocycles. The molecule has 4 nitrogen and oxygen atoms in total. The summed E-state index contributed by atoms with van der Waals surface area (Å²) in [4.78, 5) is 4.38. The molecule has 2 aromatic rings. The first-order valence-corrected chi connectivity index (χ1v) is 6.07. The second-order valence-electron chi connectivity index (χ2n) is 5.66. The Morgan fingerprint density at radius 1 is 1.06 bits per heavy atom. The van der Waals surface area contributed by atoms with Crippen molar-refractivity contribution in [3.05, 3.63) is 24.8 Å². The monoisotopic (exact) mass is 245 g/mol. The first kappa shape index (κ1) is 11.7. The van der Waals surface area contributed by atoms with Gasteiger partial charge in [0.25, 0.3) is 0 Å². The Kier molecular flexibility index (Phi) is 2.34. The smallest absolute Gasteiger partial charge is 0.471 e. The summed E-state index contributed by atoms with van der Waals surface area (Å²) in [6.07, 6.45) is 5.13. The van der Waals surface area contributed by atoms with Crippen LogP contribution in [0.3, 0.4) is 0 Å². The van der Waals surface area contributed by atoms with Crippen molar-refractivity contribution in [1.29, 1.82) is 0 Å². The van der Waals surface area contributed by atoms with Crippen LogP contribution in [0.4, 0.5) is 0 Å². The summed E-state index contributed by atoms with van der Waals surface area (Å²) in [5.41, 5.74) is 0.0659. The lowest BCUT2D eigenvalue weighted by Crippen LogP contribution is -2.41. The highest BCUT2D eigenvalue weighted by Crippen LogP contribution is 2.36. The molecule has 2 aromatic heterocycles. The zero-order valence-corrected chi connectivity index (χ0v) is 11.1. The van der Waals surface area contributed by atoms with Crippen molar-refractivity contribution in [2.24, 2.45) is 0 Å². The number of nitrogens with zero attached hydrogens (tertiary/aromatic N) is 1. The normalized spacial score (nSPS) is 21.7. The third-order valence-corrected chi connectivity index (χ3v) is 3.91.